The molecule has 23 heavy (non-hydrogen) atoms. The van der Waals surface area contributed by atoms with Crippen LogP contribution in [0, 0.1) is 0 Å². The van der Waals surface area contributed by atoms with Crippen LogP contribution < -0.4 is 10.6 Å². The van der Waals surface area contributed by atoms with Crippen molar-refractivity contribution in [3.63, 3.8) is 0 Å². The third kappa shape index (κ3) is 3.03. The van der Waals surface area contributed by atoms with Crippen molar-refractivity contribution < 1.29 is 4.52 Å². The highest BCUT2D eigenvalue weighted by Crippen LogP contribution is 2.38. The summed E-state index contributed by atoms with van der Waals surface area (Å²) < 4.78 is 5.48. The van der Waals surface area contributed by atoms with E-state index in [1.807, 2.05) is 0 Å². The average molecular weight is 337 g/mol. The lowest BCUT2D eigenvalue weighted by Gasteiger charge is -2.34. The number of hydrogen-bond donors (Lipinski definition) is 1. The third-order valence-electron chi connectivity index (χ3n) is 4.85. The summed E-state index contributed by atoms with van der Waals surface area (Å²) in [5.41, 5.74) is 5.91. The smallest absolute Gasteiger partial charge is 0.229 e. The SMILES string of the molecule is Cl.NC1(c2noc(C3CCN(c4cnccn4)CC3)n2)CCC1. The summed E-state index contributed by atoms with van der Waals surface area (Å²) in [6, 6.07) is 0. The minimum absolute atomic E-state index is 0. The topological polar surface area (TPSA) is 94.0 Å². The molecule has 0 bridgehead atoms. The number of nitrogens with two attached hydrogens (primary N) is 1. The van der Waals surface area contributed by atoms with Gasteiger partial charge in [0, 0.05) is 31.4 Å². The van der Waals surface area contributed by atoms with Crippen LogP contribution in [-0.4, -0.2) is 33.2 Å². The van der Waals surface area contributed by atoms with Crippen LogP contribution in [0.3, 0.4) is 0 Å². The summed E-state index contributed by atoms with van der Waals surface area (Å²) in [6.45, 7) is 1.85. The Hall–Kier alpha value is -1.73. The Morgan fingerprint density at radius 2 is 2.00 bits per heavy atom. The first-order valence-corrected chi connectivity index (χ1v) is 7.88. The Morgan fingerprint density at radius 1 is 1.22 bits per heavy atom. The fourth-order valence-electron chi connectivity index (χ4n) is 3.19. The number of halogens is 1. The zero-order valence-corrected chi connectivity index (χ0v) is 13.7. The Labute approximate surface area is 141 Å². The van der Waals surface area contributed by atoms with Gasteiger partial charge >= 0.3 is 0 Å². The summed E-state index contributed by atoms with van der Waals surface area (Å²) in [4.78, 5) is 15.3. The molecule has 1 saturated heterocycles. The molecule has 4 rings (SSSR count). The minimum Gasteiger partial charge on any atom is -0.355 e. The van der Waals surface area contributed by atoms with E-state index >= 15 is 0 Å². The predicted octanol–water partition coefficient (Wildman–Crippen LogP) is 2.00. The number of rotatable bonds is 3. The average Bonchev–Trinajstić information content (AvgIpc) is 3.04. The van der Waals surface area contributed by atoms with E-state index in [9.17, 15) is 0 Å². The molecular weight excluding hydrogens is 316 g/mol. The van der Waals surface area contributed by atoms with E-state index in [0.717, 1.165) is 56.9 Å². The number of aromatic nitrogens is 4. The molecule has 1 aliphatic heterocycles. The van der Waals surface area contributed by atoms with Crippen molar-refractivity contribution in [3.05, 3.63) is 30.3 Å². The van der Waals surface area contributed by atoms with Gasteiger partial charge in [-0.1, -0.05) is 5.16 Å². The maximum atomic E-state index is 6.26. The molecule has 0 radical (unpaired) electrons. The predicted molar refractivity (Wildman–Crippen MR) is 87.5 cm³/mol. The first-order chi connectivity index (χ1) is 10.7. The van der Waals surface area contributed by atoms with Gasteiger partial charge in [-0.2, -0.15) is 4.98 Å². The number of nitrogens with zero attached hydrogens (tertiary/aromatic N) is 5. The van der Waals surface area contributed by atoms with E-state index in [0.29, 0.717) is 11.7 Å². The van der Waals surface area contributed by atoms with Crippen LogP contribution >= 0.6 is 12.4 Å². The van der Waals surface area contributed by atoms with Gasteiger partial charge in [0.2, 0.25) is 5.89 Å². The van der Waals surface area contributed by atoms with Gasteiger partial charge in [0.25, 0.3) is 0 Å². The van der Waals surface area contributed by atoms with Gasteiger partial charge < -0.3 is 15.2 Å². The van der Waals surface area contributed by atoms with Crippen molar-refractivity contribution in [1.82, 2.24) is 20.1 Å². The van der Waals surface area contributed by atoms with Gasteiger partial charge in [0.15, 0.2) is 5.82 Å². The summed E-state index contributed by atoms with van der Waals surface area (Å²) in [5.74, 6) is 2.68. The first-order valence-electron chi connectivity index (χ1n) is 7.88. The van der Waals surface area contributed by atoms with Crippen molar-refractivity contribution in [2.75, 3.05) is 18.0 Å². The molecular formula is C15H21ClN6O. The molecule has 0 amide bonds. The van der Waals surface area contributed by atoms with E-state index in [-0.39, 0.29) is 17.9 Å². The van der Waals surface area contributed by atoms with Gasteiger partial charge in [0.1, 0.15) is 5.82 Å². The molecule has 124 valence electrons. The molecule has 2 aromatic rings. The zero-order chi connectivity index (χ0) is 15.0. The lowest BCUT2D eigenvalue weighted by Crippen LogP contribution is -2.44. The lowest BCUT2D eigenvalue weighted by molar-refractivity contribution is 0.228. The van der Waals surface area contributed by atoms with Gasteiger partial charge in [-0.05, 0) is 32.1 Å². The minimum atomic E-state index is -0.345. The lowest BCUT2D eigenvalue weighted by atomic mass is 9.77. The number of piperidine rings is 1. The van der Waals surface area contributed by atoms with E-state index in [2.05, 4.69) is 25.0 Å². The van der Waals surface area contributed by atoms with Crippen molar-refractivity contribution in [2.24, 2.45) is 5.73 Å². The molecule has 0 unspecified atom stereocenters. The van der Waals surface area contributed by atoms with Crippen LogP contribution in [-0.2, 0) is 5.54 Å². The maximum Gasteiger partial charge on any atom is 0.229 e. The van der Waals surface area contributed by atoms with E-state index in [4.69, 9.17) is 10.3 Å². The highest BCUT2D eigenvalue weighted by Gasteiger charge is 2.39. The molecule has 0 atom stereocenters. The largest absolute Gasteiger partial charge is 0.355 e. The van der Waals surface area contributed by atoms with Crippen molar-refractivity contribution in [1.29, 1.82) is 0 Å². The van der Waals surface area contributed by atoms with Gasteiger partial charge in [0.05, 0.1) is 11.7 Å². The molecule has 3 heterocycles. The van der Waals surface area contributed by atoms with Gasteiger partial charge in [-0.3, -0.25) is 4.98 Å². The van der Waals surface area contributed by atoms with Crippen LogP contribution in [0.4, 0.5) is 5.82 Å². The summed E-state index contributed by atoms with van der Waals surface area (Å²) in [6.07, 6.45) is 10.3. The van der Waals surface area contributed by atoms with Crippen LogP contribution in [0.15, 0.2) is 23.1 Å². The second-order valence-corrected chi connectivity index (χ2v) is 6.29. The molecule has 7 nitrogen and oxygen atoms in total. The molecule has 2 fully saturated rings. The van der Waals surface area contributed by atoms with Gasteiger partial charge in [-0.25, -0.2) is 4.98 Å². The molecule has 2 aliphatic rings. The highest BCUT2D eigenvalue weighted by molar-refractivity contribution is 5.85. The Bertz CT molecular complexity index is 636. The zero-order valence-electron chi connectivity index (χ0n) is 12.9. The van der Waals surface area contributed by atoms with Crippen LogP contribution in [0.1, 0.15) is 49.7 Å². The summed E-state index contributed by atoms with van der Waals surface area (Å²) in [5, 5.41) is 4.12. The van der Waals surface area contributed by atoms with Crippen LogP contribution in [0.2, 0.25) is 0 Å². The molecule has 2 aromatic heterocycles. The van der Waals surface area contributed by atoms with Crippen molar-refractivity contribution >= 4 is 18.2 Å². The van der Waals surface area contributed by atoms with Crippen molar-refractivity contribution in [2.45, 2.75) is 43.6 Å². The third-order valence-corrected chi connectivity index (χ3v) is 4.85. The van der Waals surface area contributed by atoms with Gasteiger partial charge in [-0.15, -0.1) is 12.4 Å². The highest BCUT2D eigenvalue weighted by atomic mass is 35.5. The maximum absolute atomic E-state index is 6.26. The fraction of sp³-hybridized carbons (Fsp3) is 0.600. The standard InChI is InChI=1S/C15H20N6O.ClH/c16-15(4-1-5-15)14-19-13(22-20-14)11-2-8-21(9-3-11)12-10-17-6-7-18-12;/h6-7,10-11H,1-5,8-9,16H2;1H. The normalized spacial score (nSPS) is 20.7. The quantitative estimate of drug-likeness (QED) is 0.916. The second kappa shape index (κ2) is 6.41. The van der Waals surface area contributed by atoms with E-state index < -0.39 is 0 Å². The van der Waals surface area contributed by atoms with Crippen LogP contribution in [0.25, 0.3) is 0 Å². The number of hydrogen-bond acceptors (Lipinski definition) is 7. The molecule has 1 saturated carbocycles. The Kier molecular flexibility index (Phi) is 4.50. The molecule has 1 aliphatic carbocycles. The molecule has 8 heteroatoms. The van der Waals surface area contributed by atoms with E-state index in [1.54, 1.807) is 18.6 Å². The second-order valence-electron chi connectivity index (χ2n) is 6.29. The Morgan fingerprint density at radius 3 is 2.61 bits per heavy atom. The fourth-order valence-corrected chi connectivity index (χ4v) is 3.19. The molecule has 0 aromatic carbocycles. The first kappa shape index (κ1) is 16.1. The monoisotopic (exact) mass is 336 g/mol. The van der Waals surface area contributed by atoms with Crippen molar-refractivity contribution in [3.8, 4) is 0 Å². The molecule has 0 spiro atoms. The van der Waals surface area contributed by atoms with E-state index in [1.165, 1.54) is 0 Å². The summed E-state index contributed by atoms with van der Waals surface area (Å²) in [7, 11) is 0. The summed E-state index contributed by atoms with van der Waals surface area (Å²) >= 11 is 0. The van der Waals surface area contributed by atoms with Crippen LogP contribution in [0.5, 0.6) is 0 Å². The molecule has 2 N–H and O–H groups in total. The number of anilines is 1. The Balaban J connectivity index is 0.00000156.